The Labute approximate surface area is 171 Å². The van der Waals surface area contributed by atoms with Gasteiger partial charge in [-0.1, -0.05) is 30.7 Å². The van der Waals surface area contributed by atoms with Crippen molar-refractivity contribution < 1.29 is 17.9 Å². The van der Waals surface area contributed by atoms with Gasteiger partial charge in [0.1, 0.15) is 11.8 Å². The van der Waals surface area contributed by atoms with E-state index in [4.69, 9.17) is 16.3 Å². The highest BCUT2D eigenvalue weighted by Crippen LogP contribution is 2.29. The first-order valence-electron chi connectivity index (χ1n) is 8.79. The van der Waals surface area contributed by atoms with Crippen molar-refractivity contribution in [2.24, 2.45) is 0 Å². The van der Waals surface area contributed by atoms with E-state index in [-0.39, 0.29) is 6.42 Å². The number of nitrogens with one attached hydrogen (secondary N) is 1. The van der Waals surface area contributed by atoms with Crippen LogP contribution >= 0.6 is 11.6 Å². The molecule has 0 aliphatic heterocycles. The molecule has 1 atom stereocenters. The lowest BCUT2D eigenvalue weighted by molar-refractivity contribution is -0.117. The van der Waals surface area contributed by atoms with Crippen molar-refractivity contribution in [2.75, 3.05) is 23.0 Å². The molecule has 2 aromatic rings. The van der Waals surface area contributed by atoms with Crippen molar-refractivity contribution in [1.29, 1.82) is 0 Å². The van der Waals surface area contributed by atoms with Crippen LogP contribution in [0.5, 0.6) is 5.75 Å². The molecule has 0 heterocycles. The molecule has 8 heteroatoms. The van der Waals surface area contributed by atoms with E-state index in [0.717, 1.165) is 21.7 Å². The minimum Gasteiger partial charge on any atom is -0.495 e. The Morgan fingerprint density at radius 1 is 1.21 bits per heavy atom. The van der Waals surface area contributed by atoms with Gasteiger partial charge < -0.3 is 10.1 Å². The summed E-state index contributed by atoms with van der Waals surface area (Å²) in [6, 6.07) is 9.37. The van der Waals surface area contributed by atoms with Crippen LogP contribution in [0.2, 0.25) is 5.02 Å². The maximum atomic E-state index is 13.0. The lowest BCUT2D eigenvalue weighted by atomic mass is 10.1. The third-order valence-corrected chi connectivity index (χ3v) is 5.94. The summed E-state index contributed by atoms with van der Waals surface area (Å²) in [5, 5.41) is 3.23. The predicted octanol–water partition coefficient (Wildman–Crippen LogP) is 4.15. The van der Waals surface area contributed by atoms with Crippen LogP contribution in [0.25, 0.3) is 0 Å². The average Bonchev–Trinajstić information content (AvgIpc) is 2.61. The highest BCUT2D eigenvalue weighted by Gasteiger charge is 2.32. The van der Waals surface area contributed by atoms with Gasteiger partial charge in [-0.2, -0.15) is 0 Å². The molecule has 0 bridgehead atoms. The van der Waals surface area contributed by atoms with E-state index in [0.29, 0.717) is 22.1 Å². The number of carbonyl (C=O) groups excluding carboxylic acids is 1. The number of halogens is 1. The fourth-order valence-corrected chi connectivity index (χ4v) is 4.29. The normalized spacial score (nSPS) is 12.4. The zero-order valence-electron chi connectivity index (χ0n) is 16.6. The Kier molecular flexibility index (Phi) is 6.96. The lowest BCUT2D eigenvalue weighted by Crippen LogP contribution is -2.47. The van der Waals surface area contributed by atoms with Crippen molar-refractivity contribution in [3.63, 3.8) is 0 Å². The van der Waals surface area contributed by atoms with Gasteiger partial charge in [0.2, 0.25) is 15.9 Å². The number of rotatable bonds is 7. The standard InChI is InChI=1S/C20H25ClN2O4S/c1-6-18(20(24)22-17-11-13(2)7-10-19(17)27-4)23(28(5,25)26)15-9-8-14(3)16(21)12-15/h7-12,18H,6H2,1-5H3,(H,22,24)/t18-/m0/s1. The van der Waals surface area contributed by atoms with E-state index in [1.807, 2.05) is 19.9 Å². The molecule has 1 amide bonds. The van der Waals surface area contributed by atoms with Crippen LogP contribution in [0, 0.1) is 13.8 Å². The van der Waals surface area contributed by atoms with Crippen LogP contribution in [0.1, 0.15) is 24.5 Å². The predicted molar refractivity (Wildman–Crippen MR) is 114 cm³/mol. The molecule has 0 spiro atoms. The molecule has 0 saturated carbocycles. The molecule has 0 radical (unpaired) electrons. The second kappa shape index (κ2) is 8.84. The second-order valence-electron chi connectivity index (χ2n) is 6.61. The first-order valence-corrected chi connectivity index (χ1v) is 11.0. The zero-order valence-corrected chi connectivity index (χ0v) is 18.2. The van der Waals surface area contributed by atoms with E-state index in [9.17, 15) is 13.2 Å². The Morgan fingerprint density at radius 3 is 2.43 bits per heavy atom. The highest BCUT2D eigenvalue weighted by atomic mass is 35.5. The van der Waals surface area contributed by atoms with Crippen LogP contribution < -0.4 is 14.4 Å². The van der Waals surface area contributed by atoms with Crippen LogP contribution in [-0.4, -0.2) is 33.7 Å². The minimum absolute atomic E-state index is 0.276. The van der Waals surface area contributed by atoms with E-state index < -0.39 is 22.0 Å². The van der Waals surface area contributed by atoms with Gasteiger partial charge in [0, 0.05) is 5.02 Å². The van der Waals surface area contributed by atoms with Gasteiger partial charge in [0.05, 0.1) is 24.7 Å². The first-order chi connectivity index (χ1) is 13.1. The van der Waals surface area contributed by atoms with Crippen molar-refractivity contribution in [3.05, 3.63) is 52.5 Å². The van der Waals surface area contributed by atoms with Crippen molar-refractivity contribution in [3.8, 4) is 5.75 Å². The molecule has 1 N–H and O–H groups in total. The lowest BCUT2D eigenvalue weighted by Gasteiger charge is -2.30. The minimum atomic E-state index is -3.74. The van der Waals surface area contributed by atoms with Gasteiger partial charge in [-0.15, -0.1) is 0 Å². The molecule has 0 fully saturated rings. The summed E-state index contributed by atoms with van der Waals surface area (Å²) >= 11 is 6.18. The quantitative estimate of drug-likeness (QED) is 0.724. The number of sulfonamides is 1. The van der Waals surface area contributed by atoms with E-state index in [2.05, 4.69) is 5.32 Å². The number of methoxy groups -OCH3 is 1. The van der Waals surface area contributed by atoms with Gasteiger partial charge in [0.25, 0.3) is 0 Å². The van der Waals surface area contributed by atoms with Gasteiger partial charge in [-0.3, -0.25) is 9.10 Å². The summed E-state index contributed by atoms with van der Waals surface area (Å²) in [5.41, 5.74) is 2.59. The molecular weight excluding hydrogens is 400 g/mol. The molecule has 0 unspecified atom stereocenters. The number of ether oxygens (including phenoxy) is 1. The van der Waals surface area contributed by atoms with E-state index >= 15 is 0 Å². The summed E-state index contributed by atoms with van der Waals surface area (Å²) in [6.07, 6.45) is 1.35. The van der Waals surface area contributed by atoms with Crippen LogP contribution in [0.4, 0.5) is 11.4 Å². The number of carbonyl (C=O) groups is 1. The smallest absolute Gasteiger partial charge is 0.248 e. The second-order valence-corrected chi connectivity index (χ2v) is 8.88. The largest absolute Gasteiger partial charge is 0.495 e. The molecule has 0 aliphatic rings. The third kappa shape index (κ3) is 4.97. The average molecular weight is 425 g/mol. The van der Waals surface area contributed by atoms with Gasteiger partial charge in [-0.25, -0.2) is 8.42 Å². The molecular formula is C20H25ClN2O4S. The number of amides is 1. The molecule has 0 aromatic heterocycles. The molecule has 2 aromatic carbocycles. The van der Waals surface area contributed by atoms with Crippen molar-refractivity contribution in [2.45, 2.75) is 33.2 Å². The van der Waals surface area contributed by atoms with Gasteiger partial charge >= 0.3 is 0 Å². The fourth-order valence-electron chi connectivity index (χ4n) is 2.91. The monoisotopic (exact) mass is 424 g/mol. The number of hydrogen-bond acceptors (Lipinski definition) is 4. The summed E-state index contributed by atoms with van der Waals surface area (Å²) in [4.78, 5) is 13.0. The molecule has 28 heavy (non-hydrogen) atoms. The fraction of sp³-hybridized carbons (Fsp3) is 0.350. The maximum Gasteiger partial charge on any atom is 0.248 e. The summed E-state index contributed by atoms with van der Waals surface area (Å²) in [5.74, 6) is 0.0478. The van der Waals surface area contributed by atoms with Crippen molar-refractivity contribution in [1.82, 2.24) is 0 Å². The van der Waals surface area contributed by atoms with Crippen LogP contribution in [0.3, 0.4) is 0 Å². The van der Waals surface area contributed by atoms with Crippen LogP contribution in [-0.2, 0) is 14.8 Å². The number of hydrogen-bond donors (Lipinski definition) is 1. The maximum absolute atomic E-state index is 13.0. The number of anilines is 2. The van der Waals surface area contributed by atoms with Gasteiger partial charge in [0.15, 0.2) is 0 Å². The van der Waals surface area contributed by atoms with Crippen molar-refractivity contribution >= 4 is 38.9 Å². The van der Waals surface area contributed by atoms with Gasteiger partial charge in [-0.05, 0) is 55.7 Å². The molecule has 0 saturated heterocycles. The summed E-state index contributed by atoms with van der Waals surface area (Å²) in [7, 11) is -2.23. The van der Waals surface area contributed by atoms with E-state index in [1.54, 1.807) is 37.3 Å². The number of aryl methyl sites for hydroxylation is 2. The molecule has 6 nitrogen and oxygen atoms in total. The number of benzene rings is 2. The molecule has 152 valence electrons. The summed E-state index contributed by atoms with van der Waals surface area (Å²) < 4.78 is 31.5. The molecule has 2 rings (SSSR count). The highest BCUT2D eigenvalue weighted by molar-refractivity contribution is 7.92. The first kappa shape index (κ1) is 22.0. The zero-order chi connectivity index (χ0) is 21.1. The SMILES string of the molecule is CC[C@@H](C(=O)Nc1cc(C)ccc1OC)N(c1ccc(C)c(Cl)c1)S(C)(=O)=O. The van der Waals surface area contributed by atoms with Crippen LogP contribution in [0.15, 0.2) is 36.4 Å². The third-order valence-electron chi connectivity index (χ3n) is 4.35. The Hall–Kier alpha value is -2.25. The topological polar surface area (TPSA) is 75.7 Å². The molecule has 0 aliphatic carbocycles. The Morgan fingerprint density at radius 2 is 1.89 bits per heavy atom. The Balaban J connectivity index is 2.45. The van der Waals surface area contributed by atoms with E-state index in [1.165, 1.54) is 7.11 Å². The Bertz CT molecular complexity index is 976. The summed E-state index contributed by atoms with van der Waals surface area (Å²) in [6.45, 7) is 5.47. The number of nitrogens with zero attached hydrogens (tertiary/aromatic N) is 1.